The summed E-state index contributed by atoms with van der Waals surface area (Å²) in [5.41, 5.74) is -0.159. The lowest BCUT2D eigenvalue weighted by molar-refractivity contribution is -0.131. The van der Waals surface area contributed by atoms with Gasteiger partial charge in [-0.2, -0.15) is 0 Å². The van der Waals surface area contributed by atoms with E-state index >= 15 is 0 Å². The maximum Gasteiger partial charge on any atom is 0.227 e. The van der Waals surface area contributed by atoms with Crippen molar-refractivity contribution < 1.29 is 4.79 Å². The highest BCUT2D eigenvalue weighted by molar-refractivity contribution is 5.83. The summed E-state index contributed by atoms with van der Waals surface area (Å²) in [6.07, 6.45) is 6.49. The van der Waals surface area contributed by atoms with Gasteiger partial charge in [0.05, 0.1) is 5.41 Å². The van der Waals surface area contributed by atoms with Crippen molar-refractivity contribution in [2.24, 2.45) is 29.1 Å². The monoisotopic (exact) mass is 248 g/mol. The van der Waals surface area contributed by atoms with E-state index in [1.165, 1.54) is 19.3 Å². The first kappa shape index (κ1) is 11.3. The molecule has 0 aromatic rings. The van der Waals surface area contributed by atoms with Gasteiger partial charge in [0.25, 0.3) is 0 Å². The summed E-state index contributed by atoms with van der Waals surface area (Å²) in [6.45, 7) is 4.05. The fourth-order valence-electron chi connectivity index (χ4n) is 5.09. The number of hydrogen-bond acceptors (Lipinski definition) is 2. The van der Waals surface area contributed by atoms with Crippen LogP contribution >= 0.6 is 0 Å². The van der Waals surface area contributed by atoms with Crippen LogP contribution in [0.25, 0.3) is 0 Å². The van der Waals surface area contributed by atoms with E-state index in [0.717, 1.165) is 49.6 Å². The predicted molar refractivity (Wildman–Crippen MR) is 70.0 cm³/mol. The molecule has 0 radical (unpaired) electrons. The molecule has 4 fully saturated rings. The minimum absolute atomic E-state index is 0.159. The molecule has 100 valence electrons. The van der Waals surface area contributed by atoms with Crippen LogP contribution in [0.3, 0.4) is 0 Å². The number of piperidine rings is 1. The summed E-state index contributed by atoms with van der Waals surface area (Å²) >= 11 is 0. The van der Waals surface area contributed by atoms with Gasteiger partial charge >= 0.3 is 0 Å². The molecule has 1 amide bonds. The molecule has 1 saturated heterocycles. The quantitative estimate of drug-likeness (QED) is 0.778. The zero-order chi connectivity index (χ0) is 12.3. The summed E-state index contributed by atoms with van der Waals surface area (Å²) in [4.78, 5) is 12.5. The highest BCUT2D eigenvalue weighted by Crippen LogP contribution is 2.65. The third-order valence-corrected chi connectivity index (χ3v) is 6.18. The van der Waals surface area contributed by atoms with Crippen molar-refractivity contribution in [1.29, 1.82) is 0 Å². The molecule has 4 aliphatic rings. The normalized spacial score (nSPS) is 53.1. The molecular weight excluding hydrogens is 224 g/mol. The molecule has 1 aliphatic heterocycles. The number of carbonyl (C=O) groups excluding carboxylic acids is 1. The summed E-state index contributed by atoms with van der Waals surface area (Å²) in [5, 5.41) is 6.76. The van der Waals surface area contributed by atoms with Crippen molar-refractivity contribution >= 4 is 5.91 Å². The molecule has 2 bridgehead atoms. The van der Waals surface area contributed by atoms with Gasteiger partial charge in [-0.15, -0.1) is 0 Å². The van der Waals surface area contributed by atoms with Crippen LogP contribution in [-0.2, 0) is 4.79 Å². The van der Waals surface area contributed by atoms with E-state index in [1.807, 2.05) is 0 Å². The Morgan fingerprint density at radius 3 is 2.61 bits per heavy atom. The lowest BCUT2D eigenvalue weighted by atomic mass is 9.82. The second-order valence-electron chi connectivity index (χ2n) is 7.33. The van der Waals surface area contributed by atoms with E-state index < -0.39 is 0 Å². The Kier molecular flexibility index (Phi) is 2.33. The second kappa shape index (κ2) is 3.72. The molecule has 4 rings (SSSR count). The Morgan fingerprint density at radius 1 is 1.28 bits per heavy atom. The molecule has 18 heavy (non-hydrogen) atoms. The molecule has 2 N–H and O–H groups in total. The van der Waals surface area contributed by atoms with Crippen LogP contribution in [0.4, 0.5) is 0 Å². The lowest BCUT2D eigenvalue weighted by Gasteiger charge is -2.33. The number of amides is 1. The Balaban J connectivity index is 1.40. The van der Waals surface area contributed by atoms with Gasteiger partial charge in [-0.05, 0) is 69.2 Å². The third-order valence-electron chi connectivity index (χ3n) is 6.18. The maximum absolute atomic E-state index is 12.5. The maximum atomic E-state index is 12.5. The average molecular weight is 248 g/mol. The molecule has 1 heterocycles. The van der Waals surface area contributed by atoms with Crippen molar-refractivity contribution in [1.82, 2.24) is 10.6 Å². The van der Waals surface area contributed by atoms with Gasteiger partial charge in [0.2, 0.25) is 5.91 Å². The van der Waals surface area contributed by atoms with Crippen LogP contribution in [0.1, 0.15) is 39.0 Å². The lowest BCUT2D eigenvalue weighted by Crippen LogP contribution is -2.49. The number of carbonyl (C=O) groups is 1. The van der Waals surface area contributed by atoms with Crippen molar-refractivity contribution in [2.75, 3.05) is 13.1 Å². The van der Waals surface area contributed by atoms with Crippen molar-refractivity contribution in [2.45, 2.75) is 45.1 Å². The van der Waals surface area contributed by atoms with Gasteiger partial charge in [0, 0.05) is 12.6 Å². The van der Waals surface area contributed by atoms with E-state index in [-0.39, 0.29) is 5.41 Å². The molecule has 5 atom stereocenters. The van der Waals surface area contributed by atoms with E-state index in [0.29, 0.717) is 11.9 Å². The molecule has 0 spiro atoms. The fourth-order valence-corrected chi connectivity index (χ4v) is 5.09. The van der Waals surface area contributed by atoms with Gasteiger partial charge in [0.1, 0.15) is 0 Å². The van der Waals surface area contributed by atoms with Crippen LogP contribution in [0.5, 0.6) is 0 Å². The van der Waals surface area contributed by atoms with Crippen LogP contribution in [0.15, 0.2) is 0 Å². The minimum atomic E-state index is -0.159. The molecule has 0 aromatic carbocycles. The van der Waals surface area contributed by atoms with E-state index in [4.69, 9.17) is 0 Å². The van der Waals surface area contributed by atoms with Crippen LogP contribution in [-0.4, -0.2) is 25.0 Å². The minimum Gasteiger partial charge on any atom is -0.352 e. The van der Waals surface area contributed by atoms with E-state index in [1.54, 1.807) is 0 Å². The summed E-state index contributed by atoms with van der Waals surface area (Å²) in [7, 11) is 0. The highest BCUT2D eigenvalue weighted by atomic mass is 16.2. The van der Waals surface area contributed by atoms with Crippen molar-refractivity contribution in [3.05, 3.63) is 0 Å². The second-order valence-corrected chi connectivity index (χ2v) is 7.33. The predicted octanol–water partition coefficient (Wildman–Crippen LogP) is 1.54. The number of nitrogens with one attached hydrogen (secondary N) is 2. The van der Waals surface area contributed by atoms with Crippen molar-refractivity contribution in [3.8, 4) is 0 Å². The molecule has 3 saturated carbocycles. The zero-order valence-corrected chi connectivity index (χ0v) is 11.2. The Labute approximate surface area is 109 Å². The SMILES string of the molecule is CC1(C(=O)NC2C3C4CCC(C4)C23)CCCNC1. The molecule has 5 unspecified atom stereocenters. The van der Waals surface area contributed by atoms with Crippen LogP contribution in [0, 0.1) is 29.1 Å². The van der Waals surface area contributed by atoms with Gasteiger partial charge in [0.15, 0.2) is 0 Å². The molecule has 0 aromatic heterocycles. The van der Waals surface area contributed by atoms with Crippen LogP contribution < -0.4 is 10.6 Å². The Hall–Kier alpha value is -0.570. The largest absolute Gasteiger partial charge is 0.352 e. The van der Waals surface area contributed by atoms with Gasteiger partial charge < -0.3 is 10.6 Å². The van der Waals surface area contributed by atoms with Gasteiger partial charge in [-0.25, -0.2) is 0 Å². The summed E-state index contributed by atoms with van der Waals surface area (Å²) < 4.78 is 0. The fraction of sp³-hybridized carbons (Fsp3) is 0.933. The standard InChI is InChI=1S/C15H24N2O/c1-15(5-2-6-16-8-15)14(18)17-13-11-9-3-4-10(7-9)12(11)13/h9-13,16H,2-8H2,1H3,(H,17,18). The number of hydrogen-bond donors (Lipinski definition) is 2. The van der Waals surface area contributed by atoms with Gasteiger partial charge in [-0.3, -0.25) is 4.79 Å². The first-order valence-corrected chi connectivity index (χ1v) is 7.71. The number of fused-ring (bicyclic) bond motifs is 5. The molecular formula is C15H24N2O. The Bertz CT molecular complexity index is 359. The summed E-state index contributed by atoms with van der Waals surface area (Å²) in [6, 6.07) is 0.544. The number of rotatable bonds is 2. The first-order chi connectivity index (χ1) is 8.69. The average Bonchev–Trinajstić information content (AvgIpc) is 2.78. The third kappa shape index (κ3) is 1.49. The summed E-state index contributed by atoms with van der Waals surface area (Å²) in [5.74, 6) is 3.92. The highest BCUT2D eigenvalue weighted by Gasteiger charge is 2.65. The van der Waals surface area contributed by atoms with Gasteiger partial charge in [-0.1, -0.05) is 0 Å². The molecule has 3 nitrogen and oxygen atoms in total. The van der Waals surface area contributed by atoms with Crippen molar-refractivity contribution in [3.63, 3.8) is 0 Å². The Morgan fingerprint density at radius 2 is 2.00 bits per heavy atom. The topological polar surface area (TPSA) is 41.1 Å². The molecule has 3 aliphatic carbocycles. The molecule has 3 heteroatoms. The first-order valence-electron chi connectivity index (χ1n) is 7.71. The smallest absolute Gasteiger partial charge is 0.227 e. The zero-order valence-electron chi connectivity index (χ0n) is 11.2. The van der Waals surface area contributed by atoms with E-state index in [9.17, 15) is 4.79 Å². The van der Waals surface area contributed by atoms with Crippen LogP contribution in [0.2, 0.25) is 0 Å². The van der Waals surface area contributed by atoms with E-state index in [2.05, 4.69) is 17.6 Å².